The van der Waals surface area contributed by atoms with Gasteiger partial charge in [0.1, 0.15) is 17.1 Å². The molecule has 0 saturated carbocycles. The zero-order valence-corrected chi connectivity index (χ0v) is 15.1. The van der Waals surface area contributed by atoms with Crippen LogP contribution >= 0.6 is 0 Å². The zero-order valence-electron chi connectivity index (χ0n) is 15.1. The number of aromatic hydroxyl groups is 1. The average Bonchev–Trinajstić information content (AvgIpc) is 2.43. The molecule has 0 amide bonds. The van der Waals surface area contributed by atoms with E-state index in [1.54, 1.807) is 0 Å². The lowest BCUT2D eigenvalue weighted by Crippen LogP contribution is -2.36. The molecule has 23 heavy (non-hydrogen) atoms. The summed E-state index contributed by atoms with van der Waals surface area (Å²) < 4.78 is 6.13. The summed E-state index contributed by atoms with van der Waals surface area (Å²) in [6.45, 7) is 6.95. The van der Waals surface area contributed by atoms with Crippen LogP contribution in [0.2, 0.25) is 0 Å². The van der Waals surface area contributed by atoms with E-state index >= 15 is 0 Å². The van der Waals surface area contributed by atoms with E-state index in [0.29, 0.717) is 18.8 Å². The van der Waals surface area contributed by atoms with Gasteiger partial charge < -0.3 is 9.84 Å². The van der Waals surface area contributed by atoms with Gasteiger partial charge in [-0.25, -0.2) is 0 Å². The predicted molar refractivity (Wildman–Crippen MR) is 95.8 cm³/mol. The third-order valence-corrected chi connectivity index (χ3v) is 4.02. The molecule has 4 heteroatoms. The molecule has 1 aliphatic rings. The maximum atomic E-state index is 10.5. The van der Waals surface area contributed by atoms with Crippen LogP contribution in [0.1, 0.15) is 57.6 Å². The minimum Gasteiger partial charge on any atom is -0.507 e. The van der Waals surface area contributed by atoms with Crippen LogP contribution in [0, 0.1) is 0 Å². The van der Waals surface area contributed by atoms with Crippen molar-refractivity contribution in [1.82, 2.24) is 4.90 Å². The number of unbranched alkanes of at least 4 members (excludes halogenated alkanes) is 2. The molecule has 2 rings (SSSR count). The molecule has 0 aromatic heterocycles. The lowest BCUT2D eigenvalue weighted by Gasteiger charge is -2.34. The SMILES string of the molecule is CCCCCc1cc(O)c2c(c1)OC(C)(C)CC2=NCN(C)C. The zero-order chi connectivity index (χ0) is 17.0. The molecule has 1 heterocycles. The van der Waals surface area contributed by atoms with Gasteiger partial charge in [0, 0.05) is 6.42 Å². The van der Waals surface area contributed by atoms with Crippen LogP contribution < -0.4 is 4.74 Å². The summed E-state index contributed by atoms with van der Waals surface area (Å²) in [6.07, 6.45) is 5.22. The van der Waals surface area contributed by atoms with E-state index in [9.17, 15) is 5.11 Å². The van der Waals surface area contributed by atoms with Crippen molar-refractivity contribution < 1.29 is 9.84 Å². The Kier molecular flexibility index (Phi) is 5.69. The number of rotatable bonds is 6. The molecule has 1 aromatic rings. The number of phenolic OH excluding ortho intramolecular Hbond substituents is 1. The number of benzene rings is 1. The Bertz CT molecular complexity index is 577. The van der Waals surface area contributed by atoms with Crippen LogP contribution in [0.4, 0.5) is 0 Å². The van der Waals surface area contributed by atoms with Gasteiger partial charge in [0.2, 0.25) is 0 Å². The molecule has 0 aliphatic carbocycles. The van der Waals surface area contributed by atoms with Crippen LogP contribution in [0.25, 0.3) is 0 Å². The molecule has 128 valence electrons. The Morgan fingerprint density at radius 1 is 1.26 bits per heavy atom. The van der Waals surface area contributed by atoms with Gasteiger partial charge >= 0.3 is 0 Å². The van der Waals surface area contributed by atoms with Gasteiger partial charge in [0.15, 0.2) is 0 Å². The van der Waals surface area contributed by atoms with E-state index in [0.717, 1.165) is 35.4 Å². The van der Waals surface area contributed by atoms with E-state index in [1.165, 1.54) is 12.8 Å². The van der Waals surface area contributed by atoms with Crippen molar-refractivity contribution in [3.8, 4) is 11.5 Å². The molecular weight excluding hydrogens is 288 g/mol. The summed E-state index contributed by atoms with van der Waals surface area (Å²) in [5.74, 6) is 1.06. The van der Waals surface area contributed by atoms with Crippen molar-refractivity contribution in [1.29, 1.82) is 0 Å². The highest BCUT2D eigenvalue weighted by Gasteiger charge is 2.33. The van der Waals surface area contributed by atoms with E-state index in [4.69, 9.17) is 4.74 Å². The van der Waals surface area contributed by atoms with Gasteiger partial charge in [0.25, 0.3) is 0 Å². The van der Waals surface area contributed by atoms with Crippen LogP contribution in [0.3, 0.4) is 0 Å². The third kappa shape index (κ3) is 4.71. The first-order chi connectivity index (χ1) is 10.8. The smallest absolute Gasteiger partial charge is 0.133 e. The summed E-state index contributed by atoms with van der Waals surface area (Å²) in [5.41, 5.74) is 2.54. The van der Waals surface area contributed by atoms with E-state index in [1.807, 2.05) is 25.1 Å². The Balaban J connectivity index is 2.35. The molecule has 0 atom stereocenters. The summed E-state index contributed by atoms with van der Waals surface area (Å²) in [6, 6.07) is 3.96. The highest BCUT2D eigenvalue weighted by atomic mass is 16.5. The molecular formula is C19H30N2O2. The predicted octanol–water partition coefficient (Wildman–Crippen LogP) is 3.99. The second-order valence-corrected chi connectivity index (χ2v) is 7.31. The van der Waals surface area contributed by atoms with E-state index in [2.05, 4.69) is 31.8 Å². The summed E-state index contributed by atoms with van der Waals surface area (Å²) >= 11 is 0. The first-order valence-corrected chi connectivity index (χ1v) is 8.55. The maximum Gasteiger partial charge on any atom is 0.133 e. The quantitative estimate of drug-likeness (QED) is 0.807. The van der Waals surface area contributed by atoms with Crippen LogP contribution in [0.15, 0.2) is 17.1 Å². The van der Waals surface area contributed by atoms with Crippen molar-refractivity contribution in [3.05, 3.63) is 23.3 Å². The number of aliphatic imine (C=N–C) groups is 1. The minimum atomic E-state index is -0.299. The molecule has 0 bridgehead atoms. The first-order valence-electron chi connectivity index (χ1n) is 8.55. The lowest BCUT2D eigenvalue weighted by atomic mass is 9.90. The van der Waals surface area contributed by atoms with Gasteiger partial charge in [-0.05, 0) is 58.5 Å². The third-order valence-electron chi connectivity index (χ3n) is 4.02. The van der Waals surface area contributed by atoms with Crippen molar-refractivity contribution in [2.75, 3.05) is 20.8 Å². The Morgan fingerprint density at radius 3 is 2.65 bits per heavy atom. The summed E-state index contributed by atoms with van der Waals surface area (Å²) in [7, 11) is 3.98. The van der Waals surface area contributed by atoms with Gasteiger partial charge in [-0.3, -0.25) is 9.89 Å². The number of hydrogen-bond donors (Lipinski definition) is 1. The fourth-order valence-electron chi connectivity index (χ4n) is 2.94. The van der Waals surface area contributed by atoms with Gasteiger partial charge in [-0.15, -0.1) is 0 Å². The topological polar surface area (TPSA) is 45.1 Å². The van der Waals surface area contributed by atoms with Gasteiger partial charge in [-0.2, -0.15) is 0 Å². The van der Waals surface area contributed by atoms with Crippen molar-refractivity contribution in [3.63, 3.8) is 0 Å². The largest absolute Gasteiger partial charge is 0.507 e. The Labute approximate surface area is 140 Å². The number of hydrogen-bond acceptors (Lipinski definition) is 4. The number of phenols is 1. The lowest BCUT2D eigenvalue weighted by molar-refractivity contribution is 0.110. The fraction of sp³-hybridized carbons (Fsp3) is 0.632. The minimum absolute atomic E-state index is 0.294. The second kappa shape index (κ2) is 7.35. The molecule has 0 spiro atoms. The molecule has 1 N–H and O–H groups in total. The Hall–Kier alpha value is -1.55. The first kappa shape index (κ1) is 17.8. The highest BCUT2D eigenvalue weighted by molar-refractivity contribution is 6.06. The number of fused-ring (bicyclic) bond motifs is 1. The normalized spacial score (nSPS) is 18.1. The standard InChI is InChI=1S/C19H30N2O2/c1-6-7-8-9-14-10-16(22)18-15(20-13-21(4)5)12-19(2,3)23-17(18)11-14/h10-11,22H,6-9,12-13H2,1-5H3. The van der Waals surface area contributed by atoms with E-state index in [-0.39, 0.29) is 5.60 Å². The molecule has 1 aliphatic heterocycles. The molecule has 0 fully saturated rings. The number of aryl methyl sites for hydroxylation is 1. The molecule has 4 nitrogen and oxygen atoms in total. The Morgan fingerprint density at radius 2 is 2.00 bits per heavy atom. The number of nitrogens with zero attached hydrogens (tertiary/aromatic N) is 2. The maximum absolute atomic E-state index is 10.5. The van der Waals surface area contributed by atoms with Crippen LogP contribution in [-0.2, 0) is 6.42 Å². The average molecular weight is 318 g/mol. The summed E-state index contributed by atoms with van der Waals surface area (Å²) in [5, 5.41) is 10.5. The van der Waals surface area contributed by atoms with Crippen molar-refractivity contribution in [2.45, 2.75) is 58.5 Å². The fourth-order valence-corrected chi connectivity index (χ4v) is 2.94. The monoisotopic (exact) mass is 318 g/mol. The molecule has 0 radical (unpaired) electrons. The summed E-state index contributed by atoms with van der Waals surface area (Å²) in [4.78, 5) is 6.71. The number of ether oxygens (including phenoxy) is 1. The highest BCUT2D eigenvalue weighted by Crippen LogP contribution is 2.39. The van der Waals surface area contributed by atoms with Crippen LogP contribution in [0.5, 0.6) is 11.5 Å². The molecule has 0 unspecified atom stereocenters. The van der Waals surface area contributed by atoms with Gasteiger partial charge in [0.05, 0.1) is 17.9 Å². The van der Waals surface area contributed by atoms with Gasteiger partial charge in [-0.1, -0.05) is 19.8 Å². The van der Waals surface area contributed by atoms with E-state index < -0.39 is 0 Å². The molecule has 1 aromatic carbocycles. The molecule has 0 saturated heterocycles. The van der Waals surface area contributed by atoms with Crippen molar-refractivity contribution >= 4 is 5.71 Å². The second-order valence-electron chi connectivity index (χ2n) is 7.31. The van der Waals surface area contributed by atoms with Crippen molar-refractivity contribution in [2.24, 2.45) is 4.99 Å². The van der Waals surface area contributed by atoms with Crippen LogP contribution in [-0.4, -0.2) is 42.1 Å².